The van der Waals surface area contributed by atoms with Gasteiger partial charge in [-0.1, -0.05) is 18.2 Å². The second-order valence-electron chi connectivity index (χ2n) is 4.13. The number of hydrogen-bond donors (Lipinski definition) is 1. The minimum Gasteiger partial charge on any atom is -0.435 e. The zero-order valence-electron chi connectivity index (χ0n) is 10.1. The van der Waals surface area contributed by atoms with Gasteiger partial charge in [-0.3, -0.25) is 0 Å². The summed E-state index contributed by atoms with van der Waals surface area (Å²) in [5.41, 5.74) is 1.29. The van der Waals surface area contributed by atoms with Crippen molar-refractivity contribution in [2.24, 2.45) is 0 Å². The van der Waals surface area contributed by atoms with Crippen LogP contribution in [0.15, 0.2) is 42.5 Å². The van der Waals surface area contributed by atoms with E-state index in [2.05, 4.69) is 14.7 Å². The number of imidazole rings is 1. The summed E-state index contributed by atoms with van der Waals surface area (Å²) in [5.74, 6) is -0.0202. The number of alkyl halides is 2. The molecule has 0 aliphatic carbocycles. The van der Waals surface area contributed by atoms with Crippen LogP contribution < -0.4 is 4.74 Å². The molecule has 1 heterocycles. The molecule has 0 fully saturated rings. The maximum Gasteiger partial charge on any atom is 0.387 e. The molecule has 0 aliphatic heterocycles. The van der Waals surface area contributed by atoms with Crippen molar-refractivity contribution in [2.75, 3.05) is 0 Å². The van der Waals surface area contributed by atoms with Gasteiger partial charge in [0.2, 0.25) is 0 Å². The highest BCUT2D eigenvalue weighted by atomic mass is 19.3. The van der Waals surface area contributed by atoms with Crippen molar-refractivity contribution in [1.29, 1.82) is 0 Å². The third kappa shape index (κ3) is 2.32. The highest BCUT2D eigenvalue weighted by molar-refractivity contribution is 5.80. The van der Waals surface area contributed by atoms with E-state index in [0.717, 1.165) is 0 Å². The van der Waals surface area contributed by atoms with Gasteiger partial charge in [-0.25, -0.2) is 9.37 Å². The number of aromatic nitrogens is 2. The van der Waals surface area contributed by atoms with Crippen LogP contribution in [0.4, 0.5) is 13.2 Å². The highest BCUT2D eigenvalue weighted by Gasteiger charge is 2.10. The Morgan fingerprint density at radius 1 is 1.10 bits per heavy atom. The largest absolute Gasteiger partial charge is 0.435 e. The molecule has 6 heteroatoms. The van der Waals surface area contributed by atoms with Gasteiger partial charge in [0.05, 0.1) is 5.52 Å². The molecule has 0 aliphatic rings. The van der Waals surface area contributed by atoms with Gasteiger partial charge in [0.15, 0.2) is 5.82 Å². The Morgan fingerprint density at radius 3 is 2.65 bits per heavy atom. The molecule has 102 valence electrons. The van der Waals surface area contributed by atoms with Gasteiger partial charge in [0.25, 0.3) is 0 Å². The Bertz CT molecular complexity index is 755. The lowest BCUT2D eigenvalue weighted by atomic mass is 10.2. The van der Waals surface area contributed by atoms with E-state index in [9.17, 15) is 13.2 Å². The summed E-state index contributed by atoms with van der Waals surface area (Å²) < 4.78 is 42.2. The Hall–Kier alpha value is -2.50. The van der Waals surface area contributed by atoms with E-state index in [0.29, 0.717) is 16.9 Å². The number of nitrogens with one attached hydrogen (secondary N) is 1. The summed E-state index contributed by atoms with van der Waals surface area (Å²) in [5, 5.41) is 0. The van der Waals surface area contributed by atoms with Crippen LogP contribution in [0.2, 0.25) is 0 Å². The molecule has 0 spiro atoms. The van der Waals surface area contributed by atoms with Crippen LogP contribution >= 0.6 is 0 Å². The number of nitrogens with zero attached hydrogens (tertiary/aromatic N) is 1. The number of fused-ring (bicyclic) bond motifs is 1. The molecule has 2 aromatic carbocycles. The van der Waals surface area contributed by atoms with Crippen LogP contribution in [0.5, 0.6) is 5.75 Å². The van der Waals surface area contributed by atoms with E-state index in [1.54, 1.807) is 24.3 Å². The Kier molecular flexibility index (Phi) is 3.06. The fraction of sp³-hybridized carbons (Fsp3) is 0.0714. The quantitative estimate of drug-likeness (QED) is 0.787. The smallest absolute Gasteiger partial charge is 0.387 e. The first-order chi connectivity index (χ1) is 9.63. The molecule has 1 N–H and O–H groups in total. The van der Waals surface area contributed by atoms with Gasteiger partial charge in [0, 0.05) is 5.56 Å². The number of H-pyrrole nitrogens is 1. The molecule has 3 nitrogen and oxygen atoms in total. The first kappa shape index (κ1) is 12.5. The number of para-hydroxylation sites is 1. The normalized spacial score (nSPS) is 11.2. The van der Waals surface area contributed by atoms with Crippen LogP contribution in [0.3, 0.4) is 0 Å². The highest BCUT2D eigenvalue weighted by Crippen LogP contribution is 2.25. The molecule has 20 heavy (non-hydrogen) atoms. The van der Waals surface area contributed by atoms with Crippen LogP contribution in [-0.4, -0.2) is 16.6 Å². The predicted molar refractivity (Wildman–Crippen MR) is 68.1 cm³/mol. The molecule has 1 aromatic heterocycles. The topological polar surface area (TPSA) is 37.9 Å². The number of rotatable bonds is 3. The summed E-state index contributed by atoms with van der Waals surface area (Å²) in [6.45, 7) is -2.89. The average Bonchev–Trinajstić information content (AvgIpc) is 2.84. The van der Waals surface area contributed by atoms with Crippen molar-refractivity contribution < 1.29 is 17.9 Å². The molecule has 0 unspecified atom stereocenters. The summed E-state index contributed by atoms with van der Waals surface area (Å²) in [6, 6.07) is 10.6. The van der Waals surface area contributed by atoms with Crippen molar-refractivity contribution in [1.82, 2.24) is 9.97 Å². The van der Waals surface area contributed by atoms with Crippen LogP contribution in [0.1, 0.15) is 0 Å². The average molecular weight is 278 g/mol. The van der Waals surface area contributed by atoms with Crippen LogP contribution in [0.25, 0.3) is 22.4 Å². The maximum atomic E-state index is 13.6. The fourth-order valence-corrected chi connectivity index (χ4v) is 1.95. The zero-order valence-corrected chi connectivity index (χ0v) is 10.1. The molecular weight excluding hydrogens is 269 g/mol. The van der Waals surface area contributed by atoms with Gasteiger partial charge in [-0.15, -0.1) is 0 Å². The van der Waals surface area contributed by atoms with Gasteiger partial charge < -0.3 is 9.72 Å². The van der Waals surface area contributed by atoms with E-state index >= 15 is 0 Å². The van der Waals surface area contributed by atoms with Crippen LogP contribution in [0, 0.1) is 5.82 Å². The minimum absolute atomic E-state index is 0.0263. The molecule has 0 atom stereocenters. The summed E-state index contributed by atoms with van der Waals surface area (Å²) in [7, 11) is 0. The van der Waals surface area contributed by atoms with Crippen LogP contribution in [-0.2, 0) is 0 Å². The van der Waals surface area contributed by atoms with E-state index in [1.807, 2.05) is 0 Å². The third-order valence-electron chi connectivity index (χ3n) is 2.80. The summed E-state index contributed by atoms with van der Waals surface area (Å²) in [4.78, 5) is 7.07. The molecule has 3 rings (SSSR count). The van der Waals surface area contributed by atoms with E-state index < -0.39 is 12.4 Å². The molecule has 3 aromatic rings. The molecular formula is C14H9F3N2O. The first-order valence-electron chi connectivity index (χ1n) is 5.83. The number of benzene rings is 2. The van der Waals surface area contributed by atoms with E-state index in [1.165, 1.54) is 18.2 Å². The standard InChI is InChI=1S/C14H9F3N2O/c15-10-5-2-6-11-12(10)19-13(18-11)8-3-1-4-9(7-8)20-14(16)17/h1-7,14H,(H,18,19). The summed E-state index contributed by atoms with van der Waals surface area (Å²) in [6.07, 6.45) is 0. The number of ether oxygens (including phenoxy) is 1. The van der Waals surface area contributed by atoms with Crippen molar-refractivity contribution in [3.63, 3.8) is 0 Å². The molecule has 0 saturated carbocycles. The molecule has 0 radical (unpaired) electrons. The van der Waals surface area contributed by atoms with Gasteiger partial charge >= 0.3 is 6.61 Å². The molecule has 0 saturated heterocycles. The SMILES string of the molecule is Fc1cccc2[nH]c(-c3cccc(OC(F)F)c3)nc12. The second-order valence-corrected chi connectivity index (χ2v) is 4.13. The minimum atomic E-state index is -2.89. The first-order valence-corrected chi connectivity index (χ1v) is 5.83. The van der Waals surface area contributed by atoms with Crippen molar-refractivity contribution >= 4 is 11.0 Å². The van der Waals surface area contributed by atoms with Gasteiger partial charge in [0.1, 0.15) is 17.1 Å². The third-order valence-corrected chi connectivity index (χ3v) is 2.80. The number of halogens is 3. The Balaban J connectivity index is 2.04. The number of hydrogen-bond acceptors (Lipinski definition) is 2. The Labute approximate surface area is 112 Å². The van der Waals surface area contributed by atoms with E-state index in [4.69, 9.17) is 0 Å². The Morgan fingerprint density at radius 2 is 1.90 bits per heavy atom. The fourth-order valence-electron chi connectivity index (χ4n) is 1.95. The van der Waals surface area contributed by atoms with Crippen molar-refractivity contribution in [2.45, 2.75) is 6.61 Å². The van der Waals surface area contributed by atoms with Crippen molar-refractivity contribution in [3.05, 3.63) is 48.3 Å². The van der Waals surface area contributed by atoms with Crippen molar-refractivity contribution in [3.8, 4) is 17.1 Å². The lowest BCUT2D eigenvalue weighted by Gasteiger charge is -2.05. The summed E-state index contributed by atoms with van der Waals surface area (Å²) >= 11 is 0. The molecule has 0 bridgehead atoms. The van der Waals surface area contributed by atoms with Gasteiger partial charge in [-0.05, 0) is 24.3 Å². The molecule has 0 amide bonds. The number of aromatic amines is 1. The maximum absolute atomic E-state index is 13.6. The monoisotopic (exact) mass is 278 g/mol. The van der Waals surface area contributed by atoms with Gasteiger partial charge in [-0.2, -0.15) is 8.78 Å². The van der Waals surface area contributed by atoms with E-state index in [-0.39, 0.29) is 11.3 Å². The lowest BCUT2D eigenvalue weighted by Crippen LogP contribution is -2.01. The second kappa shape index (κ2) is 4.88. The predicted octanol–water partition coefficient (Wildman–Crippen LogP) is 3.97. The lowest BCUT2D eigenvalue weighted by molar-refractivity contribution is -0.0498. The zero-order chi connectivity index (χ0) is 14.1.